The van der Waals surface area contributed by atoms with Crippen LogP contribution in [0, 0.1) is 6.92 Å². The highest BCUT2D eigenvalue weighted by Gasteiger charge is 2.48. The molecule has 0 radical (unpaired) electrons. The summed E-state index contributed by atoms with van der Waals surface area (Å²) in [6, 6.07) is 8.98. The van der Waals surface area contributed by atoms with Gasteiger partial charge in [0.05, 0.1) is 6.61 Å². The quantitative estimate of drug-likeness (QED) is 0.807. The van der Waals surface area contributed by atoms with Crippen LogP contribution < -0.4 is 0 Å². The standard InChI is InChI=1S/C16H26N2O/c1-15-3-2-4-16(13-15)14-18-8-5-17(6-9-18,7-10-18)11-12-19/h2-4,13,19H,5-12,14H2,1H3/q+2. The summed E-state index contributed by atoms with van der Waals surface area (Å²) >= 11 is 0. The summed E-state index contributed by atoms with van der Waals surface area (Å²) in [5, 5.41) is 9.24. The van der Waals surface area contributed by atoms with Crippen molar-refractivity contribution in [3.8, 4) is 0 Å². The zero-order valence-corrected chi connectivity index (χ0v) is 12.0. The minimum atomic E-state index is 0.345. The summed E-state index contributed by atoms with van der Waals surface area (Å²) in [4.78, 5) is 0. The average Bonchev–Trinajstić information content (AvgIpc) is 2.41. The van der Waals surface area contributed by atoms with Crippen molar-refractivity contribution >= 4 is 0 Å². The maximum atomic E-state index is 9.24. The van der Waals surface area contributed by atoms with Crippen LogP contribution in [0.4, 0.5) is 0 Å². The normalized spacial score (nSPS) is 33.6. The number of hydrogen-bond acceptors (Lipinski definition) is 1. The van der Waals surface area contributed by atoms with Crippen LogP contribution in [0.2, 0.25) is 0 Å². The van der Waals surface area contributed by atoms with Gasteiger partial charge in [-0.05, 0) is 6.92 Å². The lowest BCUT2D eigenvalue weighted by Crippen LogP contribution is -2.74. The van der Waals surface area contributed by atoms with Gasteiger partial charge in [-0.2, -0.15) is 0 Å². The van der Waals surface area contributed by atoms with Crippen LogP contribution in [0.15, 0.2) is 24.3 Å². The molecule has 3 heterocycles. The Labute approximate surface area is 116 Å². The molecule has 104 valence electrons. The number of fused-ring (bicyclic) bond motifs is 3. The van der Waals surface area contributed by atoms with Crippen molar-refractivity contribution in [2.45, 2.75) is 13.5 Å². The van der Waals surface area contributed by atoms with Crippen molar-refractivity contribution in [2.75, 3.05) is 52.4 Å². The van der Waals surface area contributed by atoms with Crippen molar-refractivity contribution in [3.05, 3.63) is 35.4 Å². The molecule has 0 amide bonds. The van der Waals surface area contributed by atoms with Crippen LogP contribution in [0.3, 0.4) is 0 Å². The predicted molar refractivity (Wildman–Crippen MR) is 76.6 cm³/mol. The predicted octanol–water partition coefficient (Wildman–Crippen LogP) is 1.15. The first-order chi connectivity index (χ1) is 9.15. The van der Waals surface area contributed by atoms with Crippen molar-refractivity contribution in [1.82, 2.24) is 0 Å². The Bertz CT molecular complexity index is 433. The third kappa shape index (κ3) is 2.55. The van der Waals surface area contributed by atoms with E-state index in [-0.39, 0.29) is 0 Å². The van der Waals surface area contributed by atoms with E-state index in [1.165, 1.54) is 65.9 Å². The summed E-state index contributed by atoms with van der Waals surface area (Å²) in [5.41, 5.74) is 2.86. The number of aliphatic hydroxyl groups is 1. The Morgan fingerprint density at radius 2 is 1.63 bits per heavy atom. The molecule has 3 fully saturated rings. The summed E-state index contributed by atoms with van der Waals surface area (Å²) in [6.45, 7) is 12.3. The van der Waals surface area contributed by atoms with Crippen LogP contribution in [-0.2, 0) is 6.54 Å². The highest BCUT2D eigenvalue weighted by Crippen LogP contribution is 2.28. The van der Waals surface area contributed by atoms with E-state index in [0.29, 0.717) is 6.61 Å². The highest BCUT2D eigenvalue weighted by molar-refractivity contribution is 5.21. The number of nitrogens with zero attached hydrogens (tertiary/aromatic N) is 2. The zero-order chi connectivity index (χ0) is 13.3. The van der Waals surface area contributed by atoms with E-state index >= 15 is 0 Å². The van der Waals surface area contributed by atoms with Crippen molar-refractivity contribution in [3.63, 3.8) is 0 Å². The fourth-order valence-electron chi connectivity index (χ4n) is 3.93. The van der Waals surface area contributed by atoms with Crippen molar-refractivity contribution < 1.29 is 14.1 Å². The smallest absolute Gasteiger partial charge is 0.129 e. The lowest BCUT2D eigenvalue weighted by molar-refractivity contribution is -1.09. The molecule has 3 aliphatic rings. The molecule has 0 saturated carbocycles. The van der Waals surface area contributed by atoms with Crippen LogP contribution >= 0.6 is 0 Å². The summed E-state index contributed by atoms with van der Waals surface area (Å²) < 4.78 is 2.44. The highest BCUT2D eigenvalue weighted by atomic mass is 16.3. The van der Waals surface area contributed by atoms with Gasteiger partial charge in [0, 0.05) is 5.56 Å². The van der Waals surface area contributed by atoms with Gasteiger partial charge >= 0.3 is 0 Å². The van der Waals surface area contributed by atoms with E-state index in [9.17, 15) is 5.11 Å². The molecule has 3 aliphatic heterocycles. The monoisotopic (exact) mass is 262 g/mol. The molecule has 0 aromatic heterocycles. The van der Waals surface area contributed by atoms with Gasteiger partial charge in [0.25, 0.3) is 0 Å². The third-order valence-corrected chi connectivity index (χ3v) is 5.32. The molecule has 0 spiro atoms. The van der Waals surface area contributed by atoms with Gasteiger partial charge in [0.2, 0.25) is 0 Å². The number of benzene rings is 1. The minimum absolute atomic E-state index is 0.345. The number of aliphatic hydroxyl groups excluding tert-OH is 1. The molecule has 4 rings (SSSR count). The molecule has 1 N–H and O–H groups in total. The molecule has 1 aromatic carbocycles. The molecule has 0 unspecified atom stereocenters. The van der Waals surface area contributed by atoms with Crippen LogP contribution in [0.25, 0.3) is 0 Å². The van der Waals surface area contributed by atoms with E-state index < -0.39 is 0 Å². The first-order valence-corrected chi connectivity index (χ1v) is 7.52. The molecule has 0 aliphatic carbocycles. The molecule has 0 atom stereocenters. The lowest BCUT2D eigenvalue weighted by atomic mass is 10.0. The Morgan fingerprint density at radius 1 is 1.00 bits per heavy atom. The van der Waals surface area contributed by atoms with E-state index in [2.05, 4.69) is 31.2 Å². The second kappa shape index (κ2) is 4.89. The fraction of sp³-hybridized carbons (Fsp3) is 0.625. The molecule has 3 nitrogen and oxygen atoms in total. The SMILES string of the molecule is Cc1cccc(C[N+]23CC[N+](CCO)(CC2)CC3)c1. The van der Waals surface area contributed by atoms with Crippen LogP contribution in [-0.4, -0.2) is 66.5 Å². The Balaban J connectivity index is 1.70. The molecular weight excluding hydrogens is 236 g/mol. The summed E-state index contributed by atoms with van der Waals surface area (Å²) in [7, 11) is 0. The number of piperazine rings is 3. The minimum Gasteiger partial charge on any atom is -0.391 e. The first kappa shape index (κ1) is 13.1. The molecule has 19 heavy (non-hydrogen) atoms. The van der Waals surface area contributed by atoms with E-state index in [4.69, 9.17) is 0 Å². The molecule has 2 bridgehead atoms. The first-order valence-electron chi connectivity index (χ1n) is 7.52. The Morgan fingerprint density at radius 3 is 2.21 bits per heavy atom. The van der Waals surface area contributed by atoms with Crippen LogP contribution in [0.5, 0.6) is 0 Å². The number of aryl methyl sites for hydroxylation is 1. The Kier molecular flexibility index (Phi) is 3.37. The maximum Gasteiger partial charge on any atom is 0.129 e. The van der Waals surface area contributed by atoms with Gasteiger partial charge < -0.3 is 14.1 Å². The summed E-state index contributed by atoms with van der Waals surface area (Å²) in [5.74, 6) is 0. The second-order valence-electron chi connectivity index (χ2n) is 6.62. The van der Waals surface area contributed by atoms with Gasteiger partial charge in [-0.3, -0.25) is 0 Å². The molecular formula is C16H26N2O+2. The number of hydrogen-bond donors (Lipinski definition) is 1. The lowest BCUT2D eigenvalue weighted by Gasteiger charge is -2.55. The van der Waals surface area contributed by atoms with Gasteiger partial charge in [-0.15, -0.1) is 0 Å². The van der Waals surface area contributed by atoms with Crippen molar-refractivity contribution in [2.24, 2.45) is 0 Å². The van der Waals surface area contributed by atoms with Gasteiger partial charge in [-0.1, -0.05) is 29.8 Å². The van der Waals surface area contributed by atoms with Gasteiger partial charge in [0.1, 0.15) is 52.4 Å². The van der Waals surface area contributed by atoms with Gasteiger partial charge in [0.15, 0.2) is 0 Å². The van der Waals surface area contributed by atoms with Gasteiger partial charge in [-0.25, -0.2) is 0 Å². The summed E-state index contributed by atoms with van der Waals surface area (Å²) in [6.07, 6.45) is 0. The molecule has 3 saturated heterocycles. The zero-order valence-electron chi connectivity index (χ0n) is 12.0. The van der Waals surface area contributed by atoms with E-state index in [0.717, 1.165) is 6.54 Å². The van der Waals surface area contributed by atoms with Crippen LogP contribution in [0.1, 0.15) is 11.1 Å². The number of quaternary nitrogens is 2. The maximum absolute atomic E-state index is 9.24. The largest absolute Gasteiger partial charge is 0.391 e. The Hall–Kier alpha value is -0.900. The second-order valence-corrected chi connectivity index (χ2v) is 6.62. The molecule has 1 aromatic rings. The third-order valence-electron chi connectivity index (χ3n) is 5.32. The molecule has 3 heteroatoms. The average molecular weight is 262 g/mol. The van der Waals surface area contributed by atoms with E-state index in [1.54, 1.807) is 0 Å². The van der Waals surface area contributed by atoms with E-state index in [1.807, 2.05) is 0 Å². The number of rotatable bonds is 4. The van der Waals surface area contributed by atoms with Crippen molar-refractivity contribution in [1.29, 1.82) is 0 Å². The fourth-order valence-corrected chi connectivity index (χ4v) is 3.93. The topological polar surface area (TPSA) is 20.2 Å².